The molecule has 14 heavy (non-hydrogen) atoms. The number of halogens is 3. The van der Waals surface area contributed by atoms with Crippen LogP contribution in [-0.4, -0.2) is 11.9 Å². The second-order valence-electron chi connectivity index (χ2n) is 2.25. The Labute approximate surface area is 82.8 Å². The Hall–Kier alpha value is -1.17. The van der Waals surface area contributed by atoms with Crippen molar-refractivity contribution in [3.63, 3.8) is 0 Å². The summed E-state index contributed by atoms with van der Waals surface area (Å²) in [4.78, 5) is 10.4. The first-order valence-electron chi connectivity index (χ1n) is 3.61. The van der Waals surface area contributed by atoms with Gasteiger partial charge in [-0.3, -0.25) is 0 Å². The van der Waals surface area contributed by atoms with Gasteiger partial charge < -0.3 is 0 Å². The van der Waals surface area contributed by atoms with E-state index in [1.807, 2.05) is 0 Å². The quantitative estimate of drug-likeness (QED) is 0.442. The monoisotopic (exact) mass is 221 g/mol. The van der Waals surface area contributed by atoms with Crippen molar-refractivity contribution in [3.05, 3.63) is 30.3 Å². The highest BCUT2D eigenvalue weighted by molar-refractivity contribution is 8.01. The Morgan fingerprint density at radius 3 is 2.29 bits per heavy atom. The highest BCUT2D eigenvalue weighted by Gasteiger charge is 2.20. The van der Waals surface area contributed by atoms with Gasteiger partial charge >= 0.3 is 11.9 Å². The van der Waals surface area contributed by atoms with Crippen molar-refractivity contribution in [1.29, 1.82) is 0 Å². The van der Waals surface area contributed by atoms with Crippen LogP contribution in [0.15, 0.2) is 30.3 Å². The van der Waals surface area contributed by atoms with Gasteiger partial charge in [-0.15, -0.1) is 4.39 Å². The third-order valence-electron chi connectivity index (χ3n) is 1.34. The third-order valence-corrected chi connectivity index (χ3v) is 2.06. The van der Waals surface area contributed by atoms with Crippen molar-refractivity contribution in [2.75, 3.05) is 4.31 Å². The highest BCUT2D eigenvalue weighted by Crippen LogP contribution is 2.27. The molecule has 0 unspecified atom stereocenters. The molecule has 1 aromatic rings. The van der Waals surface area contributed by atoms with E-state index in [9.17, 15) is 18.0 Å². The normalized spacial score (nSPS) is 10.3. The van der Waals surface area contributed by atoms with Crippen LogP contribution in [0.1, 0.15) is 0 Å². The van der Waals surface area contributed by atoms with E-state index >= 15 is 0 Å². The largest absolute Gasteiger partial charge is 0.415 e. The topological polar surface area (TPSA) is 20.3 Å². The number of para-hydroxylation sites is 1. The van der Waals surface area contributed by atoms with Gasteiger partial charge in [-0.05, 0) is 12.1 Å². The van der Waals surface area contributed by atoms with E-state index in [1.54, 1.807) is 6.07 Å². The lowest BCUT2D eigenvalue weighted by Gasteiger charge is -2.15. The Morgan fingerprint density at radius 1 is 1.29 bits per heavy atom. The molecule has 0 saturated carbocycles. The lowest BCUT2D eigenvalue weighted by molar-refractivity contribution is 0.229. The van der Waals surface area contributed by atoms with E-state index in [0.717, 1.165) is 0 Å². The molecule has 0 spiro atoms. The highest BCUT2D eigenvalue weighted by atomic mass is 32.2. The molecule has 0 aliphatic carbocycles. The maximum Gasteiger partial charge on any atom is 0.415 e. The van der Waals surface area contributed by atoms with E-state index in [-0.39, 0.29) is 17.6 Å². The van der Waals surface area contributed by atoms with Crippen LogP contribution in [0.25, 0.3) is 0 Å². The van der Waals surface area contributed by atoms with E-state index in [1.165, 1.54) is 24.3 Å². The standard InChI is InChI=1S/C8H6F3NOS/c9-7(10)14-12(8(11)13)6-4-2-1-3-5-6/h1-5,7H. The second kappa shape index (κ2) is 4.90. The van der Waals surface area contributed by atoms with Crippen LogP contribution in [0.5, 0.6) is 0 Å². The van der Waals surface area contributed by atoms with Crippen LogP contribution >= 0.6 is 11.9 Å². The smallest absolute Gasteiger partial charge is 0.233 e. The maximum atomic E-state index is 12.3. The molecule has 0 radical (unpaired) electrons. The van der Waals surface area contributed by atoms with Gasteiger partial charge in [-0.2, -0.15) is 8.78 Å². The summed E-state index contributed by atoms with van der Waals surface area (Å²) in [5, 5.41) is 0. The first kappa shape index (κ1) is 10.9. The minimum absolute atomic E-state index is 0.0882. The van der Waals surface area contributed by atoms with E-state index in [4.69, 9.17) is 0 Å². The van der Waals surface area contributed by atoms with Crippen LogP contribution in [0, 0.1) is 0 Å². The number of rotatable bonds is 3. The van der Waals surface area contributed by atoms with Crippen molar-refractivity contribution in [2.45, 2.75) is 5.76 Å². The third kappa shape index (κ3) is 2.95. The first-order chi connectivity index (χ1) is 6.61. The fourth-order valence-corrected chi connectivity index (χ4v) is 1.33. The molecule has 6 heteroatoms. The summed E-state index contributed by atoms with van der Waals surface area (Å²) in [6, 6.07) is 7.42. The minimum Gasteiger partial charge on any atom is -0.233 e. The van der Waals surface area contributed by atoms with E-state index < -0.39 is 11.9 Å². The van der Waals surface area contributed by atoms with E-state index in [2.05, 4.69) is 0 Å². The van der Waals surface area contributed by atoms with Gasteiger partial charge in [0.15, 0.2) is 0 Å². The molecule has 1 aromatic carbocycles. The summed E-state index contributed by atoms with van der Waals surface area (Å²) in [5.41, 5.74) is 0.0882. The average Bonchev–Trinajstić information content (AvgIpc) is 2.15. The molecule has 0 bridgehead atoms. The number of benzene rings is 1. The van der Waals surface area contributed by atoms with Gasteiger partial charge in [-0.25, -0.2) is 9.10 Å². The Kier molecular flexibility index (Phi) is 3.82. The molecule has 0 fully saturated rings. The molecule has 0 atom stereocenters. The van der Waals surface area contributed by atoms with Crippen LogP contribution in [0.2, 0.25) is 0 Å². The summed E-state index contributed by atoms with van der Waals surface area (Å²) in [6.45, 7) is 0. The maximum absolute atomic E-state index is 12.3. The second-order valence-corrected chi connectivity index (χ2v) is 3.18. The van der Waals surface area contributed by atoms with Gasteiger partial charge in [-0.1, -0.05) is 18.2 Å². The fraction of sp³-hybridized carbons (Fsp3) is 0.125. The molecule has 0 aliphatic rings. The number of anilines is 1. The Bertz CT molecular complexity index is 307. The number of carbonyl (C=O) groups is 1. The average molecular weight is 221 g/mol. The SMILES string of the molecule is O=C(F)N(SC(F)F)c1ccccc1. The molecule has 1 amide bonds. The molecule has 0 heterocycles. The van der Waals surface area contributed by atoms with Gasteiger partial charge in [0.25, 0.3) is 0 Å². The zero-order valence-corrected chi connectivity index (χ0v) is 7.68. The van der Waals surface area contributed by atoms with Crippen LogP contribution in [-0.2, 0) is 0 Å². The van der Waals surface area contributed by atoms with Crippen LogP contribution < -0.4 is 4.31 Å². The number of alkyl halides is 2. The molecular formula is C8H6F3NOS. The Balaban J connectivity index is 2.84. The van der Waals surface area contributed by atoms with Gasteiger partial charge in [0.2, 0.25) is 0 Å². The van der Waals surface area contributed by atoms with Gasteiger partial charge in [0, 0.05) is 11.9 Å². The summed E-state index contributed by atoms with van der Waals surface area (Å²) in [5.74, 6) is -2.84. The summed E-state index contributed by atoms with van der Waals surface area (Å²) >= 11 is -0.164. The molecular weight excluding hydrogens is 215 g/mol. The molecule has 0 aromatic heterocycles. The molecule has 2 nitrogen and oxygen atoms in total. The lowest BCUT2D eigenvalue weighted by Crippen LogP contribution is -2.19. The molecule has 0 saturated heterocycles. The number of amides is 1. The number of hydrogen-bond donors (Lipinski definition) is 0. The van der Waals surface area contributed by atoms with Crippen molar-refractivity contribution >= 4 is 23.8 Å². The molecule has 0 aliphatic heterocycles. The number of carbonyl (C=O) groups excluding carboxylic acids is 1. The van der Waals surface area contributed by atoms with Crippen molar-refractivity contribution in [3.8, 4) is 0 Å². The van der Waals surface area contributed by atoms with Crippen LogP contribution in [0.4, 0.5) is 23.7 Å². The molecule has 0 N–H and O–H groups in total. The summed E-state index contributed by atoms with van der Waals surface area (Å²) in [7, 11) is 0. The lowest BCUT2D eigenvalue weighted by atomic mass is 10.3. The molecule has 1 rings (SSSR count). The summed E-state index contributed by atoms with van der Waals surface area (Å²) < 4.78 is 36.5. The predicted octanol–water partition coefficient (Wildman–Crippen LogP) is 3.45. The zero-order chi connectivity index (χ0) is 10.6. The fourth-order valence-electron chi connectivity index (χ4n) is 0.847. The number of hydrogen-bond acceptors (Lipinski definition) is 2. The number of nitrogens with zero attached hydrogens (tertiary/aromatic N) is 1. The minimum atomic E-state index is -2.84. The first-order valence-corrected chi connectivity index (χ1v) is 4.44. The van der Waals surface area contributed by atoms with Crippen molar-refractivity contribution in [1.82, 2.24) is 0 Å². The Morgan fingerprint density at radius 2 is 1.86 bits per heavy atom. The van der Waals surface area contributed by atoms with Crippen LogP contribution in [0.3, 0.4) is 0 Å². The van der Waals surface area contributed by atoms with Gasteiger partial charge in [0.1, 0.15) is 0 Å². The predicted molar refractivity (Wildman–Crippen MR) is 49.0 cm³/mol. The molecule has 76 valence electrons. The van der Waals surface area contributed by atoms with Crippen molar-refractivity contribution in [2.24, 2.45) is 0 Å². The van der Waals surface area contributed by atoms with Gasteiger partial charge in [0.05, 0.1) is 5.69 Å². The van der Waals surface area contributed by atoms with E-state index in [0.29, 0.717) is 4.31 Å². The zero-order valence-electron chi connectivity index (χ0n) is 6.86. The summed E-state index contributed by atoms with van der Waals surface area (Å²) in [6.07, 6.45) is -1.92. The van der Waals surface area contributed by atoms with Crippen molar-refractivity contribution < 1.29 is 18.0 Å².